The van der Waals surface area contributed by atoms with Gasteiger partial charge in [-0.15, -0.1) is 0 Å². The van der Waals surface area contributed by atoms with E-state index in [0.717, 1.165) is 12.1 Å². The second kappa shape index (κ2) is 5.44. The zero-order chi connectivity index (χ0) is 13.9. The van der Waals surface area contributed by atoms with E-state index in [1.54, 1.807) is 0 Å². The fourth-order valence-electron chi connectivity index (χ4n) is 1.39. The highest BCUT2D eigenvalue weighted by atomic mass is 19.3. The Hall–Kier alpha value is -2.18. The van der Waals surface area contributed by atoms with Gasteiger partial charge < -0.3 is 14.6 Å². The number of hydrogen-bond acceptors (Lipinski definition) is 4. The largest absolute Gasteiger partial charge is 0.496 e. The summed E-state index contributed by atoms with van der Waals surface area (Å²) in [7, 11) is 2.37. The first-order chi connectivity index (χ1) is 8.42. The Balaban J connectivity index is 3.45. The Morgan fingerprint density at radius 2 is 1.72 bits per heavy atom. The fraction of sp³-hybridized carbons (Fsp3) is 0.273. The Bertz CT molecular complexity index is 485. The van der Waals surface area contributed by atoms with Gasteiger partial charge in [0.1, 0.15) is 11.5 Å². The molecule has 1 aromatic rings. The molecular weight excluding hydrogens is 250 g/mol. The maximum atomic E-state index is 12.7. The van der Waals surface area contributed by atoms with Gasteiger partial charge in [-0.25, -0.2) is 13.6 Å². The Morgan fingerprint density at radius 3 is 2.11 bits per heavy atom. The molecule has 0 aromatic heterocycles. The fourth-order valence-corrected chi connectivity index (χ4v) is 1.39. The first-order valence-electron chi connectivity index (χ1n) is 4.74. The van der Waals surface area contributed by atoms with Crippen LogP contribution in [-0.2, 0) is 4.79 Å². The van der Waals surface area contributed by atoms with Crippen LogP contribution >= 0.6 is 0 Å². The lowest BCUT2D eigenvalue weighted by molar-refractivity contribution is -0.131. The van der Waals surface area contributed by atoms with Gasteiger partial charge in [0.2, 0.25) is 0 Å². The summed E-state index contributed by atoms with van der Waals surface area (Å²) in [4.78, 5) is 21.9. The molecule has 1 rings (SSSR count). The van der Waals surface area contributed by atoms with Gasteiger partial charge in [0.05, 0.1) is 25.3 Å². The highest BCUT2D eigenvalue weighted by Gasteiger charge is 2.25. The van der Waals surface area contributed by atoms with Gasteiger partial charge in [0.25, 0.3) is 12.2 Å². The molecule has 0 atom stereocenters. The highest BCUT2D eigenvalue weighted by Crippen LogP contribution is 2.35. The number of Topliss-reactive ketones (excluding diaryl/α,β-unsaturated/α-hetero) is 1. The molecule has 5 nitrogen and oxygen atoms in total. The number of carboxylic acids is 1. The van der Waals surface area contributed by atoms with Crippen molar-refractivity contribution in [1.29, 1.82) is 0 Å². The zero-order valence-corrected chi connectivity index (χ0v) is 9.57. The quantitative estimate of drug-likeness (QED) is 0.646. The molecule has 0 fully saturated rings. The molecule has 7 heteroatoms. The van der Waals surface area contributed by atoms with Gasteiger partial charge in [0.15, 0.2) is 0 Å². The SMILES string of the molecule is COc1cc(OC)c(C(F)F)cc1C(=O)C(=O)O. The van der Waals surface area contributed by atoms with E-state index in [-0.39, 0.29) is 11.5 Å². The first kappa shape index (κ1) is 13.9. The van der Waals surface area contributed by atoms with Crippen molar-refractivity contribution in [2.24, 2.45) is 0 Å². The molecular formula is C11H10F2O5. The topological polar surface area (TPSA) is 72.8 Å². The van der Waals surface area contributed by atoms with Gasteiger partial charge in [0, 0.05) is 6.07 Å². The molecule has 18 heavy (non-hydrogen) atoms. The van der Waals surface area contributed by atoms with Crippen LogP contribution in [0.2, 0.25) is 0 Å². The van der Waals surface area contributed by atoms with Crippen molar-refractivity contribution in [3.63, 3.8) is 0 Å². The van der Waals surface area contributed by atoms with Crippen LogP contribution in [0.25, 0.3) is 0 Å². The van der Waals surface area contributed by atoms with E-state index in [4.69, 9.17) is 14.6 Å². The summed E-state index contributed by atoms with van der Waals surface area (Å²) >= 11 is 0. The van der Waals surface area contributed by atoms with Crippen LogP contribution in [0.15, 0.2) is 12.1 Å². The number of hydrogen-bond donors (Lipinski definition) is 1. The number of carboxylic acid groups (broad SMARTS) is 1. The van der Waals surface area contributed by atoms with Crippen LogP contribution in [0.4, 0.5) is 8.78 Å². The molecule has 0 saturated carbocycles. The number of rotatable bonds is 5. The minimum Gasteiger partial charge on any atom is -0.496 e. The molecule has 0 saturated heterocycles. The molecule has 1 aromatic carbocycles. The smallest absolute Gasteiger partial charge is 0.377 e. The monoisotopic (exact) mass is 260 g/mol. The van der Waals surface area contributed by atoms with Crippen molar-refractivity contribution in [3.8, 4) is 11.5 Å². The van der Waals surface area contributed by atoms with Crippen LogP contribution in [0, 0.1) is 0 Å². The van der Waals surface area contributed by atoms with Gasteiger partial charge in [-0.05, 0) is 6.07 Å². The second-order valence-corrected chi connectivity index (χ2v) is 3.23. The van der Waals surface area contributed by atoms with Crippen molar-refractivity contribution in [1.82, 2.24) is 0 Å². The first-order valence-corrected chi connectivity index (χ1v) is 4.74. The van der Waals surface area contributed by atoms with E-state index in [9.17, 15) is 18.4 Å². The lowest BCUT2D eigenvalue weighted by Gasteiger charge is -2.12. The molecule has 0 unspecified atom stereocenters. The van der Waals surface area contributed by atoms with Crippen molar-refractivity contribution in [2.75, 3.05) is 14.2 Å². The average molecular weight is 260 g/mol. The van der Waals surface area contributed by atoms with E-state index in [1.807, 2.05) is 0 Å². The van der Waals surface area contributed by atoms with Gasteiger partial charge >= 0.3 is 5.97 Å². The number of carbonyl (C=O) groups excluding carboxylic acids is 1. The number of aliphatic carboxylic acids is 1. The van der Waals surface area contributed by atoms with Crippen molar-refractivity contribution < 1.29 is 33.0 Å². The summed E-state index contributed by atoms with van der Waals surface area (Å²) in [6, 6.07) is 1.82. The third kappa shape index (κ3) is 2.55. The number of methoxy groups -OCH3 is 2. The summed E-state index contributed by atoms with van der Waals surface area (Å²) < 4.78 is 34.9. The normalized spacial score (nSPS) is 10.3. The Morgan fingerprint density at radius 1 is 1.17 bits per heavy atom. The predicted molar refractivity (Wildman–Crippen MR) is 56.5 cm³/mol. The predicted octanol–water partition coefficient (Wildman–Crippen LogP) is 1.91. The second-order valence-electron chi connectivity index (χ2n) is 3.23. The molecule has 1 N–H and O–H groups in total. The van der Waals surface area contributed by atoms with E-state index in [2.05, 4.69) is 0 Å². The average Bonchev–Trinajstić information content (AvgIpc) is 2.35. The van der Waals surface area contributed by atoms with Crippen LogP contribution < -0.4 is 9.47 Å². The molecule has 0 aliphatic heterocycles. The van der Waals surface area contributed by atoms with Gasteiger partial charge in [-0.3, -0.25) is 4.79 Å². The van der Waals surface area contributed by atoms with Crippen molar-refractivity contribution in [2.45, 2.75) is 6.43 Å². The summed E-state index contributed by atoms with van der Waals surface area (Å²) in [5, 5.41) is 8.59. The Kier molecular flexibility index (Phi) is 4.19. The minimum absolute atomic E-state index is 0.136. The number of alkyl halides is 2. The number of benzene rings is 1. The number of halogens is 2. The maximum absolute atomic E-state index is 12.7. The lowest BCUT2D eigenvalue weighted by Crippen LogP contribution is -2.14. The zero-order valence-electron chi connectivity index (χ0n) is 9.57. The van der Waals surface area contributed by atoms with E-state index < -0.39 is 29.3 Å². The molecule has 0 amide bonds. The van der Waals surface area contributed by atoms with E-state index in [1.165, 1.54) is 14.2 Å². The summed E-state index contributed by atoms with van der Waals surface area (Å²) in [5.74, 6) is -3.39. The number of carbonyl (C=O) groups is 2. The minimum atomic E-state index is -2.90. The third-order valence-electron chi connectivity index (χ3n) is 2.23. The molecule has 98 valence electrons. The molecule has 0 radical (unpaired) electrons. The van der Waals surface area contributed by atoms with E-state index in [0.29, 0.717) is 0 Å². The number of ether oxygens (including phenoxy) is 2. The van der Waals surface area contributed by atoms with Gasteiger partial charge in [-0.1, -0.05) is 0 Å². The highest BCUT2D eigenvalue weighted by molar-refractivity contribution is 6.40. The molecule has 0 spiro atoms. The molecule has 0 aliphatic carbocycles. The van der Waals surface area contributed by atoms with E-state index >= 15 is 0 Å². The Labute approximate surface area is 101 Å². The van der Waals surface area contributed by atoms with Crippen LogP contribution in [0.1, 0.15) is 22.3 Å². The molecule has 0 aliphatic rings. The lowest BCUT2D eigenvalue weighted by atomic mass is 10.0. The van der Waals surface area contributed by atoms with Crippen LogP contribution in [-0.4, -0.2) is 31.1 Å². The van der Waals surface area contributed by atoms with Crippen molar-refractivity contribution in [3.05, 3.63) is 23.3 Å². The molecule has 0 heterocycles. The molecule has 0 bridgehead atoms. The third-order valence-corrected chi connectivity index (χ3v) is 2.23. The standard InChI is InChI=1S/C11H10F2O5/c1-17-7-4-8(18-2)6(10(12)13)3-5(7)9(14)11(15)16/h3-4,10H,1-2H3,(H,15,16). The number of ketones is 1. The van der Waals surface area contributed by atoms with Crippen LogP contribution in [0.5, 0.6) is 11.5 Å². The summed E-state index contributed by atoms with van der Waals surface area (Å²) in [6.07, 6.45) is -2.90. The van der Waals surface area contributed by atoms with Gasteiger partial charge in [-0.2, -0.15) is 0 Å². The summed E-state index contributed by atoms with van der Waals surface area (Å²) in [6.45, 7) is 0. The van der Waals surface area contributed by atoms with Crippen LogP contribution in [0.3, 0.4) is 0 Å². The van der Waals surface area contributed by atoms with Crippen molar-refractivity contribution >= 4 is 11.8 Å². The summed E-state index contributed by atoms with van der Waals surface area (Å²) in [5.41, 5.74) is -1.01. The maximum Gasteiger partial charge on any atom is 0.377 e.